The van der Waals surface area contributed by atoms with Gasteiger partial charge >= 0.3 is 0 Å². The fourth-order valence-electron chi connectivity index (χ4n) is 3.82. The number of benzene rings is 3. The molecular formula is C23H18N4O2. The first kappa shape index (κ1) is 17.2. The Hall–Kier alpha value is -3.93. The Labute approximate surface area is 167 Å². The lowest BCUT2D eigenvalue weighted by Crippen LogP contribution is -2.00. The summed E-state index contributed by atoms with van der Waals surface area (Å²) in [5, 5.41) is 21.9. The van der Waals surface area contributed by atoms with Crippen molar-refractivity contribution >= 4 is 11.4 Å². The van der Waals surface area contributed by atoms with Crippen LogP contribution in [-0.2, 0) is 13.0 Å². The molecule has 3 aromatic carbocycles. The summed E-state index contributed by atoms with van der Waals surface area (Å²) in [6.45, 7) is 0.610. The molecule has 1 aliphatic carbocycles. The molecule has 0 spiro atoms. The smallest absolute Gasteiger partial charge is 0.269 e. The summed E-state index contributed by atoms with van der Waals surface area (Å²) >= 11 is 0. The number of aromatic amines is 1. The third-order valence-corrected chi connectivity index (χ3v) is 5.30. The van der Waals surface area contributed by atoms with Gasteiger partial charge in [0.05, 0.1) is 16.3 Å². The second-order valence-corrected chi connectivity index (χ2v) is 7.12. The maximum absolute atomic E-state index is 10.8. The number of anilines is 1. The van der Waals surface area contributed by atoms with Gasteiger partial charge in [-0.2, -0.15) is 5.10 Å². The van der Waals surface area contributed by atoms with Crippen molar-refractivity contribution < 1.29 is 4.92 Å². The van der Waals surface area contributed by atoms with E-state index in [1.165, 1.54) is 28.8 Å². The molecule has 2 N–H and O–H groups in total. The Bertz CT molecular complexity index is 1200. The molecule has 0 fully saturated rings. The summed E-state index contributed by atoms with van der Waals surface area (Å²) in [5.41, 5.74) is 9.05. The van der Waals surface area contributed by atoms with Crippen LogP contribution in [0, 0.1) is 10.1 Å². The highest BCUT2D eigenvalue weighted by Crippen LogP contribution is 2.40. The first-order chi connectivity index (χ1) is 14.2. The maximum Gasteiger partial charge on any atom is 0.269 e. The Morgan fingerprint density at radius 1 is 1.03 bits per heavy atom. The normalized spacial score (nSPS) is 11.7. The molecule has 6 heteroatoms. The number of non-ortho nitro benzene ring substituents is 1. The third kappa shape index (κ3) is 3.14. The van der Waals surface area contributed by atoms with E-state index in [1.807, 2.05) is 18.2 Å². The van der Waals surface area contributed by atoms with Crippen molar-refractivity contribution in [3.63, 3.8) is 0 Å². The minimum atomic E-state index is -0.384. The molecule has 0 amide bonds. The molecule has 142 valence electrons. The van der Waals surface area contributed by atoms with E-state index in [0.29, 0.717) is 6.54 Å². The number of H-pyrrole nitrogens is 1. The van der Waals surface area contributed by atoms with E-state index in [1.54, 1.807) is 12.1 Å². The zero-order valence-electron chi connectivity index (χ0n) is 15.6. The predicted octanol–water partition coefficient (Wildman–Crippen LogP) is 5.17. The number of nitro groups is 1. The lowest BCUT2D eigenvalue weighted by molar-refractivity contribution is -0.384. The molecule has 5 rings (SSSR count). The van der Waals surface area contributed by atoms with Gasteiger partial charge in [-0.1, -0.05) is 48.5 Å². The van der Waals surface area contributed by atoms with Crippen molar-refractivity contribution in [2.24, 2.45) is 0 Å². The molecule has 0 aliphatic heterocycles. The highest BCUT2D eigenvalue weighted by atomic mass is 16.6. The Balaban J connectivity index is 1.34. The van der Waals surface area contributed by atoms with Gasteiger partial charge in [0.2, 0.25) is 0 Å². The number of aromatic nitrogens is 2. The fourth-order valence-corrected chi connectivity index (χ4v) is 3.82. The van der Waals surface area contributed by atoms with Gasteiger partial charge in [-0.25, -0.2) is 0 Å². The van der Waals surface area contributed by atoms with E-state index in [2.05, 4.69) is 45.8 Å². The maximum atomic E-state index is 10.8. The topological polar surface area (TPSA) is 83.8 Å². The average Bonchev–Trinajstić information content (AvgIpc) is 3.32. The Morgan fingerprint density at radius 2 is 1.83 bits per heavy atom. The molecule has 29 heavy (non-hydrogen) atoms. The van der Waals surface area contributed by atoms with Crippen LogP contribution in [0.3, 0.4) is 0 Å². The molecule has 0 radical (unpaired) electrons. The number of hydrogen-bond donors (Lipinski definition) is 2. The van der Waals surface area contributed by atoms with Crippen LogP contribution in [0.5, 0.6) is 0 Å². The van der Waals surface area contributed by atoms with Gasteiger partial charge in [0.1, 0.15) is 0 Å². The van der Waals surface area contributed by atoms with Crippen LogP contribution < -0.4 is 5.32 Å². The monoisotopic (exact) mass is 382 g/mol. The molecule has 0 saturated heterocycles. The molecule has 1 aliphatic rings. The van der Waals surface area contributed by atoms with E-state index < -0.39 is 0 Å². The molecule has 1 aromatic heterocycles. The first-order valence-electron chi connectivity index (χ1n) is 9.42. The summed E-state index contributed by atoms with van der Waals surface area (Å²) < 4.78 is 0. The van der Waals surface area contributed by atoms with E-state index in [0.717, 1.165) is 34.6 Å². The van der Waals surface area contributed by atoms with E-state index in [-0.39, 0.29) is 10.6 Å². The van der Waals surface area contributed by atoms with Crippen molar-refractivity contribution in [2.45, 2.75) is 13.0 Å². The van der Waals surface area contributed by atoms with Crippen molar-refractivity contribution in [1.29, 1.82) is 0 Å². The molecule has 4 aromatic rings. The molecule has 1 heterocycles. The number of fused-ring (bicyclic) bond motifs is 3. The van der Waals surface area contributed by atoms with Crippen molar-refractivity contribution in [2.75, 3.05) is 5.32 Å². The zero-order valence-corrected chi connectivity index (χ0v) is 15.6. The quantitative estimate of drug-likeness (QED) is 0.324. The van der Waals surface area contributed by atoms with Gasteiger partial charge in [-0.3, -0.25) is 15.2 Å². The third-order valence-electron chi connectivity index (χ3n) is 5.30. The number of nitrogens with one attached hydrogen (secondary N) is 2. The first-order valence-corrected chi connectivity index (χ1v) is 9.42. The summed E-state index contributed by atoms with van der Waals surface area (Å²) in [6, 6.07) is 23.2. The number of hydrogen-bond acceptors (Lipinski definition) is 4. The summed E-state index contributed by atoms with van der Waals surface area (Å²) in [7, 11) is 0. The van der Waals surface area contributed by atoms with Crippen LogP contribution in [-0.4, -0.2) is 15.1 Å². The second-order valence-electron chi connectivity index (χ2n) is 7.12. The van der Waals surface area contributed by atoms with Crippen LogP contribution in [0.2, 0.25) is 0 Å². The van der Waals surface area contributed by atoms with Gasteiger partial charge in [0.15, 0.2) is 0 Å². The van der Waals surface area contributed by atoms with Gasteiger partial charge in [-0.05, 0) is 23.3 Å². The highest BCUT2D eigenvalue weighted by Gasteiger charge is 2.25. The fraction of sp³-hybridized carbons (Fsp3) is 0.0870. The van der Waals surface area contributed by atoms with Crippen LogP contribution in [0.25, 0.3) is 22.5 Å². The summed E-state index contributed by atoms with van der Waals surface area (Å²) in [4.78, 5) is 10.4. The van der Waals surface area contributed by atoms with Crippen LogP contribution >= 0.6 is 0 Å². The zero-order chi connectivity index (χ0) is 19.8. The summed E-state index contributed by atoms with van der Waals surface area (Å²) in [6.07, 6.45) is 0.846. The average molecular weight is 382 g/mol. The Morgan fingerprint density at radius 3 is 2.59 bits per heavy atom. The van der Waals surface area contributed by atoms with Gasteiger partial charge < -0.3 is 5.32 Å². The largest absolute Gasteiger partial charge is 0.381 e. The number of nitrogens with zero attached hydrogens (tertiary/aromatic N) is 2. The molecule has 0 unspecified atom stereocenters. The van der Waals surface area contributed by atoms with Crippen LogP contribution in [0.15, 0.2) is 72.8 Å². The standard InChI is InChI=1S/C23H18N4O2/c28-27(29)19-9-6-15(7-10-19)14-24-18-8-11-20-17(12-18)13-21-22(25-26-23(20)21)16-4-2-1-3-5-16/h1-12,24H,13-14H2,(H,25,26). The Kier molecular flexibility index (Phi) is 4.09. The van der Waals surface area contributed by atoms with Gasteiger partial charge in [0, 0.05) is 47.5 Å². The molecular weight excluding hydrogens is 364 g/mol. The highest BCUT2D eigenvalue weighted by molar-refractivity contribution is 5.82. The molecule has 0 atom stereocenters. The van der Waals surface area contributed by atoms with Crippen LogP contribution in [0.1, 0.15) is 16.7 Å². The van der Waals surface area contributed by atoms with Crippen molar-refractivity contribution in [3.8, 4) is 22.5 Å². The second kappa shape index (κ2) is 6.91. The minimum absolute atomic E-state index is 0.107. The van der Waals surface area contributed by atoms with Crippen molar-refractivity contribution in [3.05, 3.63) is 99.6 Å². The van der Waals surface area contributed by atoms with E-state index >= 15 is 0 Å². The SMILES string of the molecule is O=[N+]([O-])c1ccc(CNc2ccc3c(c2)Cc2c(-c4ccccc4)n[nH]c2-3)cc1. The predicted molar refractivity (Wildman–Crippen MR) is 113 cm³/mol. The van der Waals surface area contributed by atoms with Gasteiger partial charge in [0.25, 0.3) is 5.69 Å². The lowest BCUT2D eigenvalue weighted by atomic mass is 10.1. The molecule has 6 nitrogen and oxygen atoms in total. The number of nitro benzene ring substituents is 1. The molecule has 0 saturated carbocycles. The van der Waals surface area contributed by atoms with E-state index in [4.69, 9.17) is 0 Å². The van der Waals surface area contributed by atoms with Gasteiger partial charge in [-0.15, -0.1) is 0 Å². The summed E-state index contributed by atoms with van der Waals surface area (Å²) in [5.74, 6) is 0. The lowest BCUT2D eigenvalue weighted by Gasteiger charge is -2.09. The van der Waals surface area contributed by atoms with Crippen LogP contribution in [0.4, 0.5) is 11.4 Å². The van der Waals surface area contributed by atoms with E-state index in [9.17, 15) is 10.1 Å². The number of rotatable bonds is 5. The minimum Gasteiger partial charge on any atom is -0.381 e. The van der Waals surface area contributed by atoms with Crippen molar-refractivity contribution in [1.82, 2.24) is 10.2 Å². The molecule has 0 bridgehead atoms.